The second-order valence-corrected chi connectivity index (χ2v) is 7.68. The van der Waals surface area contributed by atoms with Crippen molar-refractivity contribution in [3.63, 3.8) is 0 Å². The van der Waals surface area contributed by atoms with Crippen LogP contribution >= 0.6 is 0 Å². The van der Waals surface area contributed by atoms with E-state index in [2.05, 4.69) is 6.92 Å². The highest BCUT2D eigenvalue weighted by Gasteiger charge is 2.40. The lowest BCUT2D eigenvalue weighted by atomic mass is 9.73. The van der Waals surface area contributed by atoms with Crippen molar-refractivity contribution in [1.82, 2.24) is 0 Å². The Balaban J connectivity index is 1.62. The Morgan fingerprint density at radius 3 is 2.62 bits per heavy atom. The molecule has 0 aliphatic heterocycles. The number of carbonyl (C=O) groups is 1. The molecule has 2 heteroatoms. The third-order valence-corrected chi connectivity index (χ3v) is 6.27. The summed E-state index contributed by atoms with van der Waals surface area (Å²) in [7, 11) is 0. The van der Waals surface area contributed by atoms with E-state index in [1.165, 1.54) is 31.7 Å². The van der Waals surface area contributed by atoms with Crippen molar-refractivity contribution in [3.8, 4) is 0 Å². The smallest absolute Gasteiger partial charge is 0.169 e. The van der Waals surface area contributed by atoms with E-state index in [4.69, 9.17) is 0 Å². The molecule has 1 unspecified atom stereocenters. The second-order valence-electron chi connectivity index (χ2n) is 7.68. The molecule has 2 aliphatic rings. The Morgan fingerprint density at radius 1 is 1.12 bits per heavy atom. The fraction of sp³-hybridized carbons (Fsp3) is 0.500. The molecule has 126 valence electrons. The van der Waals surface area contributed by atoms with Crippen LogP contribution in [0.1, 0.15) is 61.4 Å². The van der Waals surface area contributed by atoms with Gasteiger partial charge >= 0.3 is 0 Å². The summed E-state index contributed by atoms with van der Waals surface area (Å²) >= 11 is 0. The van der Waals surface area contributed by atoms with Crippen LogP contribution in [0.25, 0.3) is 10.8 Å². The first-order valence-electron chi connectivity index (χ1n) is 9.43. The zero-order valence-electron chi connectivity index (χ0n) is 14.4. The number of rotatable bonds is 3. The quantitative estimate of drug-likeness (QED) is 0.683. The maximum Gasteiger partial charge on any atom is 0.169 e. The molecule has 2 aliphatic carbocycles. The van der Waals surface area contributed by atoms with Gasteiger partial charge in [0.05, 0.1) is 5.56 Å². The maximum absolute atomic E-state index is 14.6. The predicted molar refractivity (Wildman–Crippen MR) is 95.8 cm³/mol. The van der Waals surface area contributed by atoms with Crippen molar-refractivity contribution in [1.29, 1.82) is 0 Å². The van der Waals surface area contributed by atoms with Crippen LogP contribution in [-0.2, 0) is 6.42 Å². The molecule has 2 aromatic rings. The number of ketones is 1. The fourth-order valence-electron chi connectivity index (χ4n) is 5.03. The number of hydrogen-bond acceptors (Lipinski definition) is 1. The normalized spacial score (nSPS) is 26.8. The number of hydrogen-bond donors (Lipinski definition) is 0. The Bertz CT molecular complexity index is 771. The van der Waals surface area contributed by atoms with Crippen molar-refractivity contribution in [2.45, 2.75) is 51.9 Å². The summed E-state index contributed by atoms with van der Waals surface area (Å²) in [5.74, 6) is 1.02. The third-order valence-electron chi connectivity index (χ3n) is 6.27. The van der Waals surface area contributed by atoms with Gasteiger partial charge in [0.15, 0.2) is 5.78 Å². The van der Waals surface area contributed by atoms with E-state index < -0.39 is 0 Å². The van der Waals surface area contributed by atoms with Crippen LogP contribution in [-0.4, -0.2) is 5.78 Å². The average molecular weight is 324 g/mol. The van der Waals surface area contributed by atoms with Gasteiger partial charge in [0.25, 0.3) is 0 Å². The van der Waals surface area contributed by atoms with Crippen molar-refractivity contribution < 1.29 is 9.18 Å². The molecular formula is C22H25FO. The minimum atomic E-state index is -0.323. The van der Waals surface area contributed by atoms with Gasteiger partial charge in [0, 0.05) is 5.92 Å². The SMILES string of the molecule is CCCC1CCC(C2Cc3c(c(F)cc4ccccc34)C2=O)CC1. The molecule has 1 nitrogen and oxygen atoms in total. The number of halogens is 1. The van der Waals surface area contributed by atoms with Crippen LogP contribution in [0.3, 0.4) is 0 Å². The second kappa shape index (κ2) is 6.31. The fourth-order valence-corrected chi connectivity index (χ4v) is 5.03. The molecule has 0 aromatic heterocycles. The van der Waals surface area contributed by atoms with E-state index in [1.807, 2.05) is 24.3 Å². The van der Waals surface area contributed by atoms with Crippen molar-refractivity contribution in [3.05, 3.63) is 47.3 Å². The van der Waals surface area contributed by atoms with Gasteiger partial charge in [-0.2, -0.15) is 0 Å². The molecule has 0 radical (unpaired) electrons. The molecule has 0 heterocycles. The molecule has 0 amide bonds. The van der Waals surface area contributed by atoms with Gasteiger partial charge in [-0.1, -0.05) is 56.9 Å². The maximum atomic E-state index is 14.6. The lowest BCUT2D eigenvalue weighted by Gasteiger charge is -2.31. The van der Waals surface area contributed by atoms with Crippen molar-refractivity contribution in [2.24, 2.45) is 17.8 Å². The molecule has 24 heavy (non-hydrogen) atoms. The molecule has 0 saturated heterocycles. The Hall–Kier alpha value is -1.70. The van der Waals surface area contributed by atoms with Crippen LogP contribution in [0.5, 0.6) is 0 Å². The van der Waals surface area contributed by atoms with Crippen LogP contribution in [0, 0.1) is 23.6 Å². The molecule has 1 atom stereocenters. The van der Waals surface area contributed by atoms with Crippen molar-refractivity contribution in [2.75, 3.05) is 0 Å². The highest BCUT2D eigenvalue weighted by molar-refractivity contribution is 6.07. The van der Waals surface area contributed by atoms with Crippen LogP contribution < -0.4 is 0 Å². The van der Waals surface area contributed by atoms with Gasteiger partial charge in [-0.05, 0) is 53.5 Å². The van der Waals surface area contributed by atoms with Gasteiger partial charge in [-0.25, -0.2) is 4.39 Å². The first kappa shape index (κ1) is 15.8. The number of fused-ring (bicyclic) bond motifs is 3. The molecule has 1 saturated carbocycles. The lowest BCUT2D eigenvalue weighted by molar-refractivity contribution is 0.0848. The Kier molecular flexibility index (Phi) is 4.15. The molecule has 4 rings (SSSR count). The van der Waals surface area contributed by atoms with Gasteiger partial charge in [0.1, 0.15) is 5.82 Å². The number of Topliss-reactive ketones (excluding diaryl/α,β-unsaturated/α-hetero) is 1. The van der Waals surface area contributed by atoms with Crippen molar-refractivity contribution >= 4 is 16.6 Å². The Morgan fingerprint density at radius 2 is 1.88 bits per heavy atom. The summed E-state index contributed by atoms with van der Waals surface area (Å²) in [4.78, 5) is 12.9. The minimum absolute atomic E-state index is 0.00267. The van der Waals surface area contributed by atoms with Gasteiger partial charge in [-0.3, -0.25) is 4.79 Å². The van der Waals surface area contributed by atoms with E-state index >= 15 is 0 Å². The Labute approximate surface area is 143 Å². The lowest BCUT2D eigenvalue weighted by Crippen LogP contribution is -2.26. The summed E-state index contributed by atoms with van der Waals surface area (Å²) < 4.78 is 14.6. The van der Waals surface area contributed by atoms with E-state index in [-0.39, 0.29) is 17.5 Å². The van der Waals surface area contributed by atoms with Gasteiger partial charge in [-0.15, -0.1) is 0 Å². The molecule has 0 bridgehead atoms. The van der Waals surface area contributed by atoms with E-state index in [9.17, 15) is 9.18 Å². The topological polar surface area (TPSA) is 17.1 Å². The first-order chi connectivity index (χ1) is 11.7. The summed E-state index contributed by atoms with van der Waals surface area (Å²) in [6.45, 7) is 2.25. The number of carbonyl (C=O) groups excluding carboxylic acids is 1. The highest BCUT2D eigenvalue weighted by atomic mass is 19.1. The molecule has 0 spiro atoms. The van der Waals surface area contributed by atoms with Gasteiger partial charge < -0.3 is 0 Å². The van der Waals surface area contributed by atoms with E-state index in [0.29, 0.717) is 11.5 Å². The molecule has 0 N–H and O–H groups in total. The zero-order valence-corrected chi connectivity index (χ0v) is 14.4. The molecular weight excluding hydrogens is 299 g/mol. The van der Waals surface area contributed by atoms with Crippen LogP contribution in [0.4, 0.5) is 4.39 Å². The van der Waals surface area contributed by atoms with Gasteiger partial charge in [0.2, 0.25) is 0 Å². The monoisotopic (exact) mass is 324 g/mol. The minimum Gasteiger partial charge on any atom is -0.294 e. The van der Waals surface area contributed by atoms with E-state index in [1.54, 1.807) is 0 Å². The molecule has 2 aromatic carbocycles. The average Bonchev–Trinajstić information content (AvgIpc) is 2.94. The molecule has 1 fully saturated rings. The number of benzene rings is 2. The van der Waals surface area contributed by atoms with Crippen LogP contribution in [0.15, 0.2) is 30.3 Å². The van der Waals surface area contributed by atoms with E-state index in [0.717, 1.165) is 41.5 Å². The standard InChI is InChI=1S/C22H25FO/c1-2-5-14-8-10-15(11-9-14)18-13-19-17-7-4-3-6-16(17)12-20(23)21(19)22(18)24/h3-4,6-7,12,14-15,18H,2,5,8-11,13H2,1H3. The predicted octanol–water partition coefficient (Wildman–Crippen LogP) is 5.94. The summed E-state index contributed by atoms with van der Waals surface area (Å²) in [6.07, 6.45) is 8.04. The summed E-state index contributed by atoms with van der Waals surface area (Å²) in [6, 6.07) is 9.41. The zero-order chi connectivity index (χ0) is 16.7. The third kappa shape index (κ3) is 2.56. The highest BCUT2D eigenvalue weighted by Crippen LogP contribution is 2.43. The summed E-state index contributed by atoms with van der Waals surface area (Å²) in [5, 5.41) is 1.97. The summed E-state index contributed by atoms with van der Waals surface area (Å²) in [5.41, 5.74) is 1.34. The first-order valence-corrected chi connectivity index (χ1v) is 9.43. The van der Waals surface area contributed by atoms with Crippen LogP contribution in [0.2, 0.25) is 0 Å². The largest absolute Gasteiger partial charge is 0.294 e.